The van der Waals surface area contributed by atoms with Gasteiger partial charge < -0.3 is 19.3 Å². The van der Waals surface area contributed by atoms with Crippen LogP contribution in [0.5, 0.6) is 5.75 Å². The molecule has 9 heteroatoms. The Morgan fingerprint density at radius 3 is 2.46 bits per heavy atom. The van der Waals surface area contributed by atoms with Gasteiger partial charge in [0.15, 0.2) is 0 Å². The lowest BCUT2D eigenvalue weighted by Gasteiger charge is -2.27. The van der Waals surface area contributed by atoms with Gasteiger partial charge >= 0.3 is 0 Å². The number of nitrogens with zero attached hydrogens (tertiary/aromatic N) is 6. The van der Waals surface area contributed by atoms with Crippen molar-refractivity contribution in [3.63, 3.8) is 0 Å². The van der Waals surface area contributed by atoms with Crippen LogP contribution in [0.1, 0.15) is 18.4 Å². The van der Waals surface area contributed by atoms with Gasteiger partial charge in [-0.3, -0.25) is 0 Å². The molecule has 2 aromatic rings. The molecule has 1 aromatic carbocycles. The SMILES string of the molecule is COc1cccc(/C=N\Nc2nc(N3CCCC3)nc(N3CCOCC3)n2)c1. The monoisotopic (exact) mass is 383 g/mol. The number of hydrogen-bond donors (Lipinski definition) is 1. The summed E-state index contributed by atoms with van der Waals surface area (Å²) < 4.78 is 10.7. The number of aromatic nitrogens is 3. The van der Waals surface area contributed by atoms with E-state index in [1.165, 1.54) is 0 Å². The zero-order valence-corrected chi connectivity index (χ0v) is 16.0. The number of rotatable bonds is 6. The second-order valence-corrected chi connectivity index (χ2v) is 6.70. The summed E-state index contributed by atoms with van der Waals surface area (Å²) in [7, 11) is 1.65. The molecule has 0 aliphatic carbocycles. The molecule has 0 unspecified atom stereocenters. The van der Waals surface area contributed by atoms with Gasteiger partial charge in [0.25, 0.3) is 0 Å². The van der Waals surface area contributed by atoms with Crippen LogP contribution in [0.25, 0.3) is 0 Å². The van der Waals surface area contributed by atoms with Crippen LogP contribution in [0, 0.1) is 0 Å². The molecule has 4 rings (SSSR count). The van der Waals surface area contributed by atoms with E-state index in [4.69, 9.17) is 14.5 Å². The summed E-state index contributed by atoms with van der Waals surface area (Å²) in [6, 6.07) is 7.68. The molecule has 0 amide bonds. The van der Waals surface area contributed by atoms with Gasteiger partial charge in [-0.25, -0.2) is 5.43 Å². The Labute approximate surface area is 164 Å². The number of ether oxygens (including phenoxy) is 2. The van der Waals surface area contributed by atoms with Gasteiger partial charge in [-0.05, 0) is 30.5 Å². The smallest absolute Gasteiger partial charge is 0.250 e. The molecular formula is C19H25N7O2. The highest BCUT2D eigenvalue weighted by Gasteiger charge is 2.21. The maximum Gasteiger partial charge on any atom is 0.250 e. The van der Waals surface area contributed by atoms with E-state index in [0.717, 1.165) is 50.3 Å². The highest BCUT2D eigenvalue weighted by molar-refractivity contribution is 5.80. The maximum atomic E-state index is 5.44. The first-order valence-electron chi connectivity index (χ1n) is 9.59. The van der Waals surface area contributed by atoms with E-state index in [1.807, 2.05) is 24.3 Å². The Morgan fingerprint density at radius 1 is 1.04 bits per heavy atom. The highest BCUT2D eigenvalue weighted by Crippen LogP contribution is 2.21. The molecule has 0 saturated carbocycles. The van der Waals surface area contributed by atoms with Gasteiger partial charge in [-0.1, -0.05) is 12.1 Å². The average Bonchev–Trinajstić information content (AvgIpc) is 3.29. The number of hydrogen-bond acceptors (Lipinski definition) is 9. The largest absolute Gasteiger partial charge is 0.497 e. The van der Waals surface area contributed by atoms with Gasteiger partial charge in [-0.2, -0.15) is 20.1 Å². The van der Waals surface area contributed by atoms with Gasteiger partial charge in [0, 0.05) is 26.2 Å². The quantitative estimate of drug-likeness (QED) is 0.596. The second-order valence-electron chi connectivity index (χ2n) is 6.70. The summed E-state index contributed by atoms with van der Waals surface area (Å²) in [4.78, 5) is 18.2. The molecule has 1 aromatic heterocycles. The summed E-state index contributed by atoms with van der Waals surface area (Å²) in [5.74, 6) is 2.60. The van der Waals surface area contributed by atoms with Crippen molar-refractivity contribution in [3.05, 3.63) is 29.8 Å². The molecular weight excluding hydrogens is 358 g/mol. The third kappa shape index (κ3) is 4.48. The molecule has 2 fully saturated rings. The molecule has 2 aliphatic heterocycles. The van der Waals surface area contributed by atoms with Crippen LogP contribution in [-0.2, 0) is 4.74 Å². The van der Waals surface area contributed by atoms with Gasteiger partial charge in [0.1, 0.15) is 5.75 Å². The number of anilines is 3. The van der Waals surface area contributed by atoms with E-state index in [1.54, 1.807) is 13.3 Å². The molecule has 0 bridgehead atoms. The third-order valence-electron chi connectivity index (χ3n) is 4.77. The van der Waals surface area contributed by atoms with E-state index in [0.29, 0.717) is 31.1 Å². The molecule has 28 heavy (non-hydrogen) atoms. The molecule has 3 heterocycles. The number of morpholine rings is 1. The van der Waals surface area contributed by atoms with Gasteiger partial charge in [0.05, 0.1) is 26.5 Å². The van der Waals surface area contributed by atoms with E-state index >= 15 is 0 Å². The van der Waals surface area contributed by atoms with E-state index < -0.39 is 0 Å². The van der Waals surface area contributed by atoms with E-state index in [9.17, 15) is 0 Å². The molecule has 2 aliphatic rings. The van der Waals surface area contributed by atoms with Gasteiger partial charge in [-0.15, -0.1) is 0 Å². The fourth-order valence-corrected chi connectivity index (χ4v) is 3.25. The minimum absolute atomic E-state index is 0.442. The predicted octanol–water partition coefficient (Wildman–Crippen LogP) is 1.76. The van der Waals surface area contributed by atoms with Crippen molar-refractivity contribution in [3.8, 4) is 5.75 Å². The molecule has 1 N–H and O–H groups in total. The van der Waals surface area contributed by atoms with Gasteiger partial charge in [0.2, 0.25) is 17.8 Å². The first kappa shape index (κ1) is 18.4. The summed E-state index contributed by atoms with van der Waals surface area (Å²) >= 11 is 0. The Morgan fingerprint density at radius 2 is 1.75 bits per heavy atom. The zero-order chi connectivity index (χ0) is 19.2. The van der Waals surface area contributed by atoms with Crippen molar-refractivity contribution in [2.45, 2.75) is 12.8 Å². The standard InChI is InChI=1S/C19H25N7O2/c1-27-16-6-4-5-15(13-16)14-20-24-17-21-18(25-7-2-3-8-25)23-19(22-17)26-9-11-28-12-10-26/h4-6,13-14H,2-3,7-12H2,1H3,(H,21,22,23,24)/b20-14-. The van der Waals surface area contributed by atoms with Crippen molar-refractivity contribution < 1.29 is 9.47 Å². The Kier molecular flexibility index (Phi) is 5.81. The lowest BCUT2D eigenvalue weighted by atomic mass is 10.2. The Balaban J connectivity index is 1.54. The second kappa shape index (κ2) is 8.83. The lowest BCUT2D eigenvalue weighted by Crippen LogP contribution is -2.38. The predicted molar refractivity (Wildman–Crippen MR) is 109 cm³/mol. The first-order valence-corrected chi connectivity index (χ1v) is 9.59. The molecule has 148 valence electrons. The van der Waals surface area contributed by atoms with Crippen LogP contribution in [-0.4, -0.2) is 67.7 Å². The fourth-order valence-electron chi connectivity index (χ4n) is 3.25. The number of hydrazone groups is 1. The third-order valence-corrected chi connectivity index (χ3v) is 4.77. The summed E-state index contributed by atoms with van der Waals surface area (Å²) in [6.45, 7) is 4.85. The average molecular weight is 383 g/mol. The fraction of sp³-hybridized carbons (Fsp3) is 0.474. The lowest BCUT2D eigenvalue weighted by molar-refractivity contribution is 0.122. The van der Waals surface area contributed by atoms with Crippen molar-refractivity contribution in [2.75, 3.05) is 61.7 Å². The van der Waals surface area contributed by atoms with Crippen LogP contribution >= 0.6 is 0 Å². The van der Waals surface area contributed by atoms with Crippen LogP contribution in [0.4, 0.5) is 17.8 Å². The van der Waals surface area contributed by atoms with Crippen LogP contribution in [0.15, 0.2) is 29.4 Å². The normalized spacial score (nSPS) is 17.3. The highest BCUT2D eigenvalue weighted by atomic mass is 16.5. The number of methoxy groups -OCH3 is 1. The van der Waals surface area contributed by atoms with Crippen LogP contribution < -0.4 is 20.0 Å². The Hall–Kier alpha value is -2.94. The topological polar surface area (TPSA) is 88.0 Å². The van der Waals surface area contributed by atoms with Crippen molar-refractivity contribution in [1.29, 1.82) is 0 Å². The minimum Gasteiger partial charge on any atom is -0.497 e. The van der Waals surface area contributed by atoms with Crippen LogP contribution in [0.2, 0.25) is 0 Å². The minimum atomic E-state index is 0.442. The Bertz CT molecular complexity index is 818. The maximum absolute atomic E-state index is 5.44. The summed E-state index contributed by atoms with van der Waals surface area (Å²) in [6.07, 6.45) is 4.04. The van der Waals surface area contributed by atoms with E-state index in [2.05, 4.69) is 30.3 Å². The summed E-state index contributed by atoms with van der Waals surface area (Å²) in [5.41, 5.74) is 3.88. The molecule has 9 nitrogen and oxygen atoms in total. The van der Waals surface area contributed by atoms with E-state index in [-0.39, 0.29) is 0 Å². The van der Waals surface area contributed by atoms with Crippen molar-refractivity contribution >= 4 is 24.1 Å². The first-order chi connectivity index (χ1) is 13.8. The summed E-state index contributed by atoms with van der Waals surface area (Å²) in [5, 5.41) is 4.30. The number of nitrogens with one attached hydrogen (secondary N) is 1. The van der Waals surface area contributed by atoms with Crippen molar-refractivity contribution in [1.82, 2.24) is 15.0 Å². The number of benzene rings is 1. The van der Waals surface area contributed by atoms with Crippen molar-refractivity contribution in [2.24, 2.45) is 5.10 Å². The molecule has 2 saturated heterocycles. The molecule has 0 spiro atoms. The molecule has 0 atom stereocenters. The zero-order valence-electron chi connectivity index (χ0n) is 16.0. The van der Waals surface area contributed by atoms with Crippen LogP contribution in [0.3, 0.4) is 0 Å². The molecule has 0 radical (unpaired) electrons.